The zero-order valence-electron chi connectivity index (χ0n) is 46.2. The van der Waals surface area contributed by atoms with Crippen molar-refractivity contribution in [1.29, 1.82) is 0 Å². The first kappa shape index (κ1) is 55.3. The fraction of sp³-hybridized carbons (Fsp3) is 0. The molecular formula is C78H51BBr2O2S3. The lowest BCUT2D eigenvalue weighted by Gasteiger charge is -2.16. The second-order valence-electron chi connectivity index (χ2n) is 21.1. The molecule has 0 fully saturated rings. The summed E-state index contributed by atoms with van der Waals surface area (Å²) in [6.07, 6.45) is 0. The maximum absolute atomic E-state index is 9.38. The highest BCUT2D eigenvalue weighted by Gasteiger charge is 2.18. The average Bonchev–Trinajstić information content (AvgIpc) is 3.28. The summed E-state index contributed by atoms with van der Waals surface area (Å²) in [4.78, 5) is 0. The van der Waals surface area contributed by atoms with Crippen LogP contribution in [0, 0.1) is 0 Å². The fourth-order valence-electron chi connectivity index (χ4n) is 11.8. The number of hydrogen-bond donors (Lipinski definition) is 2. The Morgan fingerprint density at radius 1 is 0.233 bits per heavy atom. The molecule has 8 heteroatoms. The molecule has 0 amide bonds. The Kier molecular flexibility index (Phi) is 15.7. The van der Waals surface area contributed by atoms with Crippen LogP contribution in [-0.4, -0.2) is 17.2 Å². The highest BCUT2D eigenvalue weighted by molar-refractivity contribution is 9.11. The molecule has 0 spiro atoms. The maximum Gasteiger partial charge on any atom is 0.488 e. The Morgan fingerprint density at radius 3 is 0.872 bits per heavy atom. The lowest BCUT2D eigenvalue weighted by Crippen LogP contribution is -2.29. The van der Waals surface area contributed by atoms with Crippen molar-refractivity contribution in [3.8, 4) is 77.9 Å². The van der Waals surface area contributed by atoms with Crippen LogP contribution in [0.5, 0.6) is 0 Å². The molecule has 410 valence electrons. The molecule has 0 aliphatic carbocycles. The number of hydrogen-bond acceptors (Lipinski definition) is 5. The zero-order chi connectivity index (χ0) is 58.1. The van der Waals surface area contributed by atoms with Crippen LogP contribution in [0.1, 0.15) is 0 Å². The van der Waals surface area contributed by atoms with E-state index in [0.29, 0.717) is 5.46 Å². The molecule has 0 aliphatic rings. The Balaban J connectivity index is 0.000000148. The van der Waals surface area contributed by atoms with Crippen molar-refractivity contribution in [1.82, 2.24) is 0 Å². The van der Waals surface area contributed by atoms with Gasteiger partial charge in [0, 0.05) is 69.5 Å². The van der Waals surface area contributed by atoms with Crippen LogP contribution in [0.4, 0.5) is 0 Å². The standard InChI is InChI=1S/C48H30S2.C18H13BO2S.C12H8Br2/c1-3-19-39(35(17-1)31-13-9-15-33(29-31)37-23-11-25-43-41-21-5-7-27-45(41)49-47(37)43)40-20-4-2-18-36(40)32-14-10-16-34(30-32)38-24-12-26-44-42-22-6-8-28-46(42)50-48(38)44;20-19(21)13-6-3-5-12(11-13)14-8-4-9-16-15-7-1-2-10-17(15)22-18(14)16;13-11-7-3-1-5-9(11)10-6-2-4-8-12(10)14/h1-30H;1-11,20-21H;1-8H. The summed E-state index contributed by atoms with van der Waals surface area (Å²) >= 11 is 12.6. The SMILES string of the molecule is Brc1ccccc1-c1ccccc1Br.OB(O)c1cccc(-c2cccc3c2sc2ccccc23)c1.c1cc(-c2ccccc2-c2ccccc2-c2cccc(-c3cccc4c3sc3ccccc34)c2)cc(-c2cccc3c2sc2ccccc23)c1. The Bertz CT molecular complexity index is 4930. The van der Waals surface area contributed by atoms with Crippen molar-refractivity contribution < 1.29 is 10.0 Å². The van der Waals surface area contributed by atoms with E-state index < -0.39 is 7.12 Å². The lowest BCUT2D eigenvalue weighted by atomic mass is 9.79. The van der Waals surface area contributed by atoms with Gasteiger partial charge in [0.2, 0.25) is 0 Å². The molecule has 0 aliphatic heterocycles. The summed E-state index contributed by atoms with van der Waals surface area (Å²) in [6, 6.07) is 105. The third-order valence-corrected chi connectivity index (χ3v) is 20.9. The van der Waals surface area contributed by atoms with Gasteiger partial charge in [-0.05, 0) is 126 Å². The van der Waals surface area contributed by atoms with Crippen molar-refractivity contribution in [2.24, 2.45) is 0 Å². The van der Waals surface area contributed by atoms with E-state index >= 15 is 0 Å². The predicted molar refractivity (Wildman–Crippen MR) is 381 cm³/mol. The number of benzene rings is 13. The minimum atomic E-state index is -1.44. The minimum Gasteiger partial charge on any atom is -0.423 e. The first-order chi connectivity index (χ1) is 42.3. The van der Waals surface area contributed by atoms with Gasteiger partial charge in [-0.3, -0.25) is 0 Å². The molecule has 2 N–H and O–H groups in total. The third-order valence-electron chi connectivity index (χ3n) is 15.9. The van der Waals surface area contributed by atoms with Crippen LogP contribution in [0.15, 0.2) is 306 Å². The molecule has 86 heavy (non-hydrogen) atoms. The molecule has 3 aromatic heterocycles. The Hall–Kier alpha value is -8.54. The Morgan fingerprint density at radius 2 is 0.500 bits per heavy atom. The van der Waals surface area contributed by atoms with Crippen molar-refractivity contribution in [2.75, 3.05) is 0 Å². The van der Waals surface area contributed by atoms with Crippen LogP contribution < -0.4 is 5.46 Å². The first-order valence-electron chi connectivity index (χ1n) is 28.4. The highest BCUT2D eigenvalue weighted by Crippen LogP contribution is 2.46. The predicted octanol–water partition coefficient (Wildman–Crippen LogP) is 23.0. The topological polar surface area (TPSA) is 40.5 Å². The van der Waals surface area contributed by atoms with Gasteiger partial charge in [0.1, 0.15) is 0 Å². The van der Waals surface area contributed by atoms with Crippen LogP contribution >= 0.6 is 65.9 Å². The highest BCUT2D eigenvalue weighted by atomic mass is 79.9. The summed E-state index contributed by atoms with van der Waals surface area (Å²) in [5.74, 6) is 0. The normalized spacial score (nSPS) is 11.3. The number of fused-ring (bicyclic) bond motifs is 9. The summed E-state index contributed by atoms with van der Waals surface area (Å²) in [5.41, 5.74) is 17.5. The van der Waals surface area contributed by atoms with Crippen molar-refractivity contribution >= 4 is 139 Å². The summed E-state index contributed by atoms with van der Waals surface area (Å²) in [6.45, 7) is 0. The minimum absolute atomic E-state index is 0.510. The van der Waals surface area contributed by atoms with Gasteiger partial charge in [0.25, 0.3) is 0 Å². The molecular weight excluding hydrogens is 1240 g/mol. The second-order valence-corrected chi connectivity index (χ2v) is 25.9. The van der Waals surface area contributed by atoms with Crippen LogP contribution in [-0.2, 0) is 0 Å². The van der Waals surface area contributed by atoms with Crippen molar-refractivity contribution in [3.63, 3.8) is 0 Å². The van der Waals surface area contributed by atoms with Gasteiger partial charge in [0.15, 0.2) is 0 Å². The number of thiophene rings is 3. The number of halogens is 2. The van der Waals surface area contributed by atoms with Gasteiger partial charge in [-0.1, -0.05) is 287 Å². The summed E-state index contributed by atoms with van der Waals surface area (Å²) in [7, 11) is -1.44. The van der Waals surface area contributed by atoms with Gasteiger partial charge < -0.3 is 10.0 Å². The van der Waals surface area contributed by atoms with Gasteiger partial charge in [-0.15, -0.1) is 34.0 Å². The van der Waals surface area contributed by atoms with Crippen LogP contribution in [0.25, 0.3) is 138 Å². The molecule has 0 radical (unpaired) electrons. The molecule has 16 aromatic rings. The molecule has 0 bridgehead atoms. The van der Waals surface area contributed by atoms with Gasteiger partial charge >= 0.3 is 7.12 Å². The monoisotopic (exact) mass is 1280 g/mol. The lowest BCUT2D eigenvalue weighted by molar-refractivity contribution is 0.426. The van der Waals surface area contributed by atoms with Crippen LogP contribution in [0.2, 0.25) is 0 Å². The fourth-order valence-corrected chi connectivity index (χ4v) is 16.5. The molecule has 13 aromatic carbocycles. The van der Waals surface area contributed by atoms with E-state index in [1.165, 1.54) is 127 Å². The van der Waals surface area contributed by atoms with Crippen LogP contribution in [0.3, 0.4) is 0 Å². The van der Waals surface area contributed by atoms with E-state index in [9.17, 15) is 10.0 Å². The summed E-state index contributed by atoms with van der Waals surface area (Å²) in [5, 5.41) is 26.6. The first-order valence-corrected chi connectivity index (χ1v) is 32.4. The van der Waals surface area contributed by atoms with Gasteiger partial charge in [0.05, 0.1) is 0 Å². The molecule has 0 saturated carbocycles. The molecule has 0 saturated heterocycles. The van der Waals surface area contributed by atoms with E-state index in [1.807, 2.05) is 65.1 Å². The Labute approximate surface area is 528 Å². The van der Waals surface area contributed by atoms with E-state index in [1.54, 1.807) is 17.4 Å². The van der Waals surface area contributed by atoms with Crippen molar-refractivity contribution in [3.05, 3.63) is 306 Å². The smallest absolute Gasteiger partial charge is 0.423 e. The van der Waals surface area contributed by atoms with E-state index in [-0.39, 0.29) is 0 Å². The maximum atomic E-state index is 9.38. The number of rotatable bonds is 8. The third kappa shape index (κ3) is 10.8. The van der Waals surface area contributed by atoms with Crippen molar-refractivity contribution in [2.45, 2.75) is 0 Å². The van der Waals surface area contributed by atoms with Gasteiger partial charge in [-0.25, -0.2) is 0 Å². The molecule has 2 nitrogen and oxygen atoms in total. The molecule has 16 rings (SSSR count). The quantitative estimate of drug-likeness (QED) is 0.149. The molecule has 0 unspecified atom stereocenters. The summed E-state index contributed by atoms with van der Waals surface area (Å²) < 4.78 is 10.1. The van der Waals surface area contributed by atoms with E-state index in [0.717, 1.165) is 20.1 Å². The van der Waals surface area contributed by atoms with E-state index in [4.69, 9.17) is 0 Å². The molecule has 0 atom stereocenters. The largest absolute Gasteiger partial charge is 0.488 e. The second kappa shape index (κ2) is 24.4. The zero-order valence-corrected chi connectivity index (χ0v) is 51.9. The molecule has 3 heterocycles. The average molecular weight is 1290 g/mol. The van der Waals surface area contributed by atoms with E-state index in [2.05, 4.69) is 281 Å². The van der Waals surface area contributed by atoms with Gasteiger partial charge in [-0.2, -0.15) is 0 Å².